The molecule has 29 heavy (non-hydrogen) atoms. The Kier molecular flexibility index (Phi) is 5.44. The summed E-state index contributed by atoms with van der Waals surface area (Å²) in [5, 5.41) is 9.08. The van der Waals surface area contributed by atoms with Crippen molar-refractivity contribution in [1.82, 2.24) is 29.5 Å². The zero-order valence-corrected chi connectivity index (χ0v) is 16.3. The molecule has 3 heterocycles. The van der Waals surface area contributed by atoms with Gasteiger partial charge in [0.1, 0.15) is 5.82 Å². The lowest BCUT2D eigenvalue weighted by atomic mass is 10.2. The molecule has 0 aliphatic carbocycles. The number of ether oxygens (including phenoxy) is 1. The Morgan fingerprint density at radius 1 is 1.10 bits per heavy atom. The molecule has 0 bridgehead atoms. The zero-order valence-electron chi connectivity index (χ0n) is 16.3. The van der Waals surface area contributed by atoms with E-state index in [1.807, 2.05) is 42.1 Å². The van der Waals surface area contributed by atoms with Gasteiger partial charge >= 0.3 is 0 Å². The lowest BCUT2D eigenvalue weighted by Gasteiger charge is -2.07. The fraction of sp³-hybridized carbons (Fsp3) is 0.238. The Balaban J connectivity index is 1.78. The molecule has 0 spiro atoms. The van der Waals surface area contributed by atoms with Gasteiger partial charge < -0.3 is 4.74 Å². The molecule has 0 saturated carbocycles. The van der Waals surface area contributed by atoms with Crippen LogP contribution in [0.25, 0.3) is 28.5 Å². The first kappa shape index (κ1) is 18.9. The first-order chi connectivity index (χ1) is 14.2. The second-order valence-corrected chi connectivity index (χ2v) is 6.69. The molecule has 7 nitrogen and oxygen atoms in total. The normalized spacial score (nSPS) is 11.1. The summed E-state index contributed by atoms with van der Waals surface area (Å²) in [6.07, 6.45) is 7.27. The van der Waals surface area contributed by atoms with E-state index < -0.39 is 5.82 Å². The molecule has 0 aliphatic heterocycles. The first-order valence-corrected chi connectivity index (χ1v) is 9.31. The number of methoxy groups -OCH3 is 1. The number of nitrogens with zero attached hydrogens (tertiary/aromatic N) is 6. The van der Waals surface area contributed by atoms with E-state index in [1.165, 1.54) is 6.07 Å². The number of para-hydroxylation sites is 1. The van der Waals surface area contributed by atoms with Crippen molar-refractivity contribution in [3.63, 3.8) is 0 Å². The van der Waals surface area contributed by atoms with Crippen LogP contribution in [0.2, 0.25) is 0 Å². The Bertz CT molecular complexity index is 1120. The van der Waals surface area contributed by atoms with Crippen LogP contribution in [0.3, 0.4) is 0 Å². The summed E-state index contributed by atoms with van der Waals surface area (Å²) in [6.45, 7) is 3.43. The molecule has 3 aromatic heterocycles. The molecular weight excluding hydrogens is 371 g/mol. The van der Waals surface area contributed by atoms with Crippen molar-refractivity contribution in [3.8, 4) is 28.5 Å². The monoisotopic (exact) mass is 392 g/mol. The molecule has 1 aromatic carbocycles. The fourth-order valence-corrected chi connectivity index (χ4v) is 3.10. The largest absolute Gasteiger partial charge is 0.385 e. The van der Waals surface area contributed by atoms with E-state index in [0.717, 1.165) is 36.0 Å². The number of benzene rings is 1. The van der Waals surface area contributed by atoms with Gasteiger partial charge in [-0.25, -0.2) is 14.1 Å². The van der Waals surface area contributed by atoms with E-state index in [4.69, 9.17) is 4.74 Å². The van der Waals surface area contributed by atoms with Crippen molar-refractivity contribution in [2.75, 3.05) is 13.7 Å². The van der Waals surface area contributed by atoms with Gasteiger partial charge in [-0.2, -0.15) is 5.10 Å². The lowest BCUT2D eigenvalue weighted by molar-refractivity contribution is 0.189. The fourth-order valence-electron chi connectivity index (χ4n) is 3.10. The van der Waals surface area contributed by atoms with Crippen LogP contribution in [0.5, 0.6) is 0 Å². The predicted octanol–water partition coefficient (Wildman–Crippen LogP) is 3.68. The number of pyridine rings is 1. The molecule has 0 saturated heterocycles. The second-order valence-electron chi connectivity index (χ2n) is 6.69. The summed E-state index contributed by atoms with van der Waals surface area (Å²) < 4.78 is 22.4. The summed E-state index contributed by atoms with van der Waals surface area (Å²) in [4.78, 5) is 8.60. The van der Waals surface area contributed by atoms with Crippen molar-refractivity contribution in [2.24, 2.45) is 0 Å². The van der Waals surface area contributed by atoms with Crippen molar-refractivity contribution in [3.05, 3.63) is 66.5 Å². The van der Waals surface area contributed by atoms with Gasteiger partial charge in [0.2, 0.25) is 0 Å². The van der Waals surface area contributed by atoms with Gasteiger partial charge in [-0.3, -0.25) is 9.67 Å². The van der Waals surface area contributed by atoms with E-state index >= 15 is 0 Å². The number of aryl methyl sites for hydroxylation is 2. The molecule has 8 heteroatoms. The maximum Gasteiger partial charge on any atom is 0.183 e. The molecule has 0 atom stereocenters. The Hall–Kier alpha value is -3.39. The van der Waals surface area contributed by atoms with Crippen molar-refractivity contribution >= 4 is 0 Å². The topological polar surface area (TPSA) is 70.7 Å². The molecule has 0 aliphatic rings. The number of hydrogen-bond acceptors (Lipinski definition) is 5. The highest BCUT2D eigenvalue weighted by molar-refractivity contribution is 5.63. The third-order valence-corrected chi connectivity index (χ3v) is 4.54. The standard InChI is InChI=1S/C21H21FN6O/c1-15-6-3-4-7-19(15)28-21(17-12-24-27(14-17)8-5-9-29-2)25-20(26-28)16-10-18(22)13-23-11-16/h3-4,6-7,10-14H,5,8-9H2,1-2H3. The first-order valence-electron chi connectivity index (χ1n) is 9.31. The van der Waals surface area contributed by atoms with Gasteiger partial charge in [-0.1, -0.05) is 18.2 Å². The molecule has 0 radical (unpaired) electrons. The minimum atomic E-state index is -0.428. The van der Waals surface area contributed by atoms with Crippen LogP contribution < -0.4 is 0 Å². The minimum absolute atomic E-state index is 0.405. The summed E-state index contributed by atoms with van der Waals surface area (Å²) >= 11 is 0. The van der Waals surface area contributed by atoms with Crippen LogP contribution in [0.1, 0.15) is 12.0 Å². The van der Waals surface area contributed by atoms with Gasteiger partial charge in [0.05, 0.1) is 23.6 Å². The van der Waals surface area contributed by atoms with E-state index in [-0.39, 0.29) is 0 Å². The van der Waals surface area contributed by atoms with Crippen LogP contribution in [-0.4, -0.2) is 43.2 Å². The molecule has 0 fully saturated rings. The minimum Gasteiger partial charge on any atom is -0.385 e. The average molecular weight is 392 g/mol. The van der Waals surface area contributed by atoms with Gasteiger partial charge in [0, 0.05) is 38.2 Å². The van der Waals surface area contributed by atoms with Gasteiger partial charge in [0.15, 0.2) is 11.6 Å². The smallest absolute Gasteiger partial charge is 0.183 e. The number of halogens is 1. The van der Waals surface area contributed by atoms with Crippen LogP contribution in [0.15, 0.2) is 55.1 Å². The molecule has 4 aromatic rings. The Morgan fingerprint density at radius 3 is 2.76 bits per heavy atom. The number of aromatic nitrogens is 6. The highest BCUT2D eigenvalue weighted by Crippen LogP contribution is 2.26. The van der Waals surface area contributed by atoms with Gasteiger partial charge in [0.25, 0.3) is 0 Å². The molecule has 0 N–H and O–H groups in total. The van der Waals surface area contributed by atoms with Crippen LogP contribution in [0, 0.1) is 12.7 Å². The van der Waals surface area contributed by atoms with Gasteiger partial charge in [-0.05, 0) is 31.0 Å². The van der Waals surface area contributed by atoms with Gasteiger partial charge in [-0.15, -0.1) is 5.10 Å². The van der Waals surface area contributed by atoms with Crippen molar-refractivity contribution in [1.29, 1.82) is 0 Å². The summed E-state index contributed by atoms with van der Waals surface area (Å²) in [5.41, 5.74) is 3.30. The molecule has 0 unspecified atom stereocenters. The summed E-state index contributed by atoms with van der Waals surface area (Å²) in [5.74, 6) is 0.612. The molecular formula is C21H21FN6O. The average Bonchev–Trinajstić information content (AvgIpc) is 3.36. The number of hydrogen-bond donors (Lipinski definition) is 0. The summed E-state index contributed by atoms with van der Waals surface area (Å²) in [7, 11) is 1.68. The third kappa shape index (κ3) is 4.07. The predicted molar refractivity (Wildman–Crippen MR) is 107 cm³/mol. The SMILES string of the molecule is COCCCn1cc(-c2nc(-c3cncc(F)c3)nn2-c2ccccc2C)cn1. The quantitative estimate of drug-likeness (QED) is 0.449. The lowest BCUT2D eigenvalue weighted by Crippen LogP contribution is -2.02. The maximum absolute atomic E-state index is 13.7. The van der Waals surface area contributed by atoms with E-state index in [0.29, 0.717) is 23.8 Å². The van der Waals surface area contributed by atoms with E-state index in [2.05, 4.69) is 20.2 Å². The highest BCUT2D eigenvalue weighted by Gasteiger charge is 2.18. The zero-order chi connectivity index (χ0) is 20.2. The third-order valence-electron chi connectivity index (χ3n) is 4.54. The van der Waals surface area contributed by atoms with Crippen LogP contribution in [0.4, 0.5) is 4.39 Å². The molecule has 0 amide bonds. The number of rotatable bonds is 7. The Morgan fingerprint density at radius 2 is 1.97 bits per heavy atom. The second kappa shape index (κ2) is 8.32. The molecule has 4 rings (SSSR count). The Labute approximate surface area is 167 Å². The van der Waals surface area contributed by atoms with Crippen molar-refractivity contribution < 1.29 is 9.13 Å². The molecule has 148 valence electrons. The van der Waals surface area contributed by atoms with Crippen LogP contribution in [-0.2, 0) is 11.3 Å². The summed E-state index contributed by atoms with van der Waals surface area (Å²) in [6, 6.07) is 9.29. The van der Waals surface area contributed by atoms with E-state index in [1.54, 1.807) is 24.2 Å². The maximum atomic E-state index is 13.7. The highest BCUT2D eigenvalue weighted by atomic mass is 19.1. The van der Waals surface area contributed by atoms with E-state index in [9.17, 15) is 4.39 Å². The van der Waals surface area contributed by atoms with Crippen molar-refractivity contribution in [2.45, 2.75) is 19.9 Å². The van der Waals surface area contributed by atoms with Crippen LogP contribution >= 0.6 is 0 Å².